The van der Waals surface area contributed by atoms with Crippen molar-refractivity contribution in [1.82, 2.24) is 19.9 Å². The van der Waals surface area contributed by atoms with E-state index < -0.39 is 6.23 Å². The van der Waals surface area contributed by atoms with Crippen LogP contribution in [0, 0.1) is 0 Å². The number of benzene rings is 1. The standard InChI is InChI=1S/C28H35N7O3/c29-25(36)24-27(31-21-3-1-19(2-4-21)18-35-12-15-37-16-13-35)34-26(23(33-24)20-5-10-30-11-6-20)32-22-7-14-38-28(17-22)8-9-28/h1-6,10-11,22,25,36H,7-9,12-18,29H2,(H2,31,32,34). The van der Waals surface area contributed by atoms with Gasteiger partial charge in [-0.3, -0.25) is 9.88 Å². The second-order valence-electron chi connectivity index (χ2n) is 10.4. The van der Waals surface area contributed by atoms with Crippen LogP contribution in [0.25, 0.3) is 11.3 Å². The third kappa shape index (κ3) is 5.79. The van der Waals surface area contributed by atoms with E-state index >= 15 is 0 Å². The minimum absolute atomic E-state index is 0.0254. The highest BCUT2D eigenvalue weighted by Gasteiger charge is 2.47. The van der Waals surface area contributed by atoms with E-state index in [-0.39, 0.29) is 17.3 Å². The summed E-state index contributed by atoms with van der Waals surface area (Å²) >= 11 is 0. The zero-order valence-electron chi connectivity index (χ0n) is 21.5. The maximum Gasteiger partial charge on any atom is 0.158 e. The van der Waals surface area contributed by atoms with Gasteiger partial charge < -0.3 is 30.9 Å². The zero-order valence-corrected chi connectivity index (χ0v) is 21.5. The Balaban J connectivity index is 1.28. The lowest BCUT2D eigenvalue weighted by Gasteiger charge is -2.31. The van der Waals surface area contributed by atoms with Gasteiger partial charge in [-0.15, -0.1) is 0 Å². The van der Waals surface area contributed by atoms with Crippen molar-refractivity contribution in [1.29, 1.82) is 0 Å². The highest BCUT2D eigenvalue weighted by atomic mass is 16.5. The van der Waals surface area contributed by atoms with Gasteiger partial charge in [0.2, 0.25) is 0 Å². The number of rotatable bonds is 8. The van der Waals surface area contributed by atoms with Crippen LogP contribution in [-0.4, -0.2) is 69.5 Å². The molecule has 2 atom stereocenters. The number of anilines is 3. The van der Waals surface area contributed by atoms with Crippen molar-refractivity contribution in [2.75, 3.05) is 43.5 Å². The molecule has 1 aromatic carbocycles. The molecule has 2 saturated heterocycles. The van der Waals surface area contributed by atoms with Crippen molar-refractivity contribution in [3.8, 4) is 11.3 Å². The molecule has 0 bridgehead atoms. The minimum Gasteiger partial charge on any atom is -0.379 e. The summed E-state index contributed by atoms with van der Waals surface area (Å²) in [7, 11) is 0. The molecule has 6 rings (SSSR count). The molecule has 0 amide bonds. The first kappa shape index (κ1) is 25.1. The second kappa shape index (κ2) is 10.9. The van der Waals surface area contributed by atoms with Gasteiger partial charge in [0.1, 0.15) is 17.6 Å². The highest BCUT2D eigenvalue weighted by Crippen LogP contribution is 2.47. The van der Waals surface area contributed by atoms with Crippen molar-refractivity contribution in [2.45, 2.75) is 50.1 Å². The maximum atomic E-state index is 10.4. The SMILES string of the molecule is NC(O)c1nc(-c2ccncc2)c(NC2CCOC3(CC3)C2)nc1Nc1ccc(CN2CCOCC2)cc1. The molecule has 10 heteroatoms. The molecular weight excluding hydrogens is 482 g/mol. The predicted octanol–water partition coefficient (Wildman–Crippen LogP) is 3.19. The van der Waals surface area contributed by atoms with E-state index in [0.29, 0.717) is 17.3 Å². The average Bonchev–Trinajstić information content (AvgIpc) is 3.68. The molecular formula is C28H35N7O3. The molecule has 3 aromatic rings. The fourth-order valence-corrected chi connectivity index (χ4v) is 5.24. The molecule has 38 heavy (non-hydrogen) atoms. The summed E-state index contributed by atoms with van der Waals surface area (Å²) in [5, 5.41) is 17.4. The number of ether oxygens (including phenoxy) is 2. The van der Waals surface area contributed by atoms with Crippen molar-refractivity contribution < 1.29 is 14.6 Å². The lowest BCUT2D eigenvalue weighted by atomic mass is 10.0. The Kier molecular flexibility index (Phi) is 7.22. The Labute approximate surface area is 222 Å². The first-order valence-corrected chi connectivity index (χ1v) is 13.4. The van der Waals surface area contributed by atoms with Gasteiger partial charge in [-0.25, -0.2) is 9.97 Å². The molecule has 2 aromatic heterocycles. The van der Waals surface area contributed by atoms with Crippen molar-refractivity contribution in [3.63, 3.8) is 0 Å². The van der Waals surface area contributed by atoms with Crippen LogP contribution in [0.4, 0.5) is 17.3 Å². The van der Waals surface area contributed by atoms with Gasteiger partial charge in [0.25, 0.3) is 0 Å². The Morgan fingerprint density at radius 2 is 1.79 bits per heavy atom. The summed E-state index contributed by atoms with van der Waals surface area (Å²) in [6, 6.07) is 12.2. The van der Waals surface area contributed by atoms with Crippen LogP contribution in [0.5, 0.6) is 0 Å². The van der Waals surface area contributed by atoms with Crippen LogP contribution in [0.15, 0.2) is 48.8 Å². The summed E-state index contributed by atoms with van der Waals surface area (Å²) in [4.78, 5) is 16.3. The van der Waals surface area contributed by atoms with Crippen molar-refractivity contribution in [3.05, 3.63) is 60.0 Å². The summed E-state index contributed by atoms with van der Waals surface area (Å²) < 4.78 is 11.5. The highest BCUT2D eigenvalue weighted by molar-refractivity contribution is 5.74. The first-order chi connectivity index (χ1) is 18.6. The first-order valence-electron chi connectivity index (χ1n) is 13.4. The minimum atomic E-state index is -1.29. The summed E-state index contributed by atoms with van der Waals surface area (Å²) in [6.07, 6.45) is 6.21. The summed E-state index contributed by atoms with van der Waals surface area (Å²) in [6.45, 7) is 5.07. The normalized spacial score (nSPS) is 21.7. The van der Waals surface area contributed by atoms with Gasteiger partial charge in [-0.1, -0.05) is 12.1 Å². The van der Waals surface area contributed by atoms with Gasteiger partial charge in [-0.05, 0) is 55.5 Å². The molecule has 3 fully saturated rings. The zero-order chi connectivity index (χ0) is 26.0. The molecule has 3 aliphatic rings. The van der Waals surface area contributed by atoms with Crippen LogP contribution in [0.1, 0.15) is 43.2 Å². The van der Waals surface area contributed by atoms with E-state index in [1.54, 1.807) is 12.4 Å². The number of aromatic nitrogens is 3. The number of nitrogens with one attached hydrogen (secondary N) is 2. The molecule has 2 aliphatic heterocycles. The van der Waals surface area contributed by atoms with Crippen LogP contribution in [-0.2, 0) is 16.0 Å². The molecule has 0 radical (unpaired) electrons. The van der Waals surface area contributed by atoms with Crippen LogP contribution in [0.3, 0.4) is 0 Å². The fraction of sp³-hybridized carbons (Fsp3) is 0.464. The number of nitrogens with two attached hydrogens (primary N) is 1. The third-order valence-electron chi connectivity index (χ3n) is 7.52. The second-order valence-corrected chi connectivity index (χ2v) is 10.4. The Hall–Kier alpha value is -3.15. The van der Waals surface area contributed by atoms with E-state index in [0.717, 1.165) is 76.4 Å². The summed E-state index contributed by atoms with van der Waals surface area (Å²) in [5.41, 5.74) is 9.84. The summed E-state index contributed by atoms with van der Waals surface area (Å²) in [5.74, 6) is 1.07. The van der Waals surface area contributed by atoms with Gasteiger partial charge in [-0.2, -0.15) is 0 Å². The molecule has 5 N–H and O–H groups in total. The Morgan fingerprint density at radius 3 is 2.50 bits per heavy atom. The van der Waals surface area contributed by atoms with E-state index in [9.17, 15) is 5.11 Å². The number of hydrogen-bond donors (Lipinski definition) is 4. The molecule has 200 valence electrons. The maximum absolute atomic E-state index is 10.4. The van der Waals surface area contributed by atoms with Crippen molar-refractivity contribution in [2.24, 2.45) is 5.73 Å². The smallest absolute Gasteiger partial charge is 0.158 e. The van der Waals surface area contributed by atoms with E-state index in [4.69, 9.17) is 25.2 Å². The lowest BCUT2D eigenvalue weighted by molar-refractivity contribution is -0.00884. The van der Waals surface area contributed by atoms with E-state index in [1.165, 1.54) is 5.56 Å². The number of pyridine rings is 1. The number of aliphatic hydroxyl groups excluding tert-OH is 1. The quantitative estimate of drug-likeness (QED) is 0.331. The molecule has 1 saturated carbocycles. The van der Waals surface area contributed by atoms with Gasteiger partial charge in [0.15, 0.2) is 11.6 Å². The third-order valence-corrected chi connectivity index (χ3v) is 7.52. The van der Waals surface area contributed by atoms with Gasteiger partial charge >= 0.3 is 0 Å². The molecule has 10 nitrogen and oxygen atoms in total. The Morgan fingerprint density at radius 1 is 1.03 bits per heavy atom. The number of nitrogens with zero attached hydrogens (tertiary/aromatic N) is 4. The molecule has 4 heterocycles. The average molecular weight is 518 g/mol. The lowest BCUT2D eigenvalue weighted by Crippen LogP contribution is -2.35. The predicted molar refractivity (Wildman–Crippen MR) is 145 cm³/mol. The molecule has 2 unspecified atom stereocenters. The number of morpholine rings is 1. The van der Waals surface area contributed by atoms with Gasteiger partial charge in [0, 0.05) is 55.9 Å². The Bertz CT molecular complexity index is 1230. The van der Waals surface area contributed by atoms with Crippen molar-refractivity contribution >= 4 is 17.3 Å². The van der Waals surface area contributed by atoms with Crippen LogP contribution >= 0.6 is 0 Å². The number of aliphatic hydroxyl groups is 1. The fourth-order valence-electron chi connectivity index (χ4n) is 5.24. The van der Waals surface area contributed by atoms with Crippen LogP contribution in [0.2, 0.25) is 0 Å². The number of hydrogen-bond acceptors (Lipinski definition) is 10. The van der Waals surface area contributed by atoms with Gasteiger partial charge in [0.05, 0.1) is 18.8 Å². The topological polar surface area (TPSA) is 131 Å². The molecule has 1 spiro atoms. The molecule has 1 aliphatic carbocycles. The monoisotopic (exact) mass is 517 g/mol. The van der Waals surface area contributed by atoms with E-state index in [2.05, 4.69) is 32.7 Å². The van der Waals surface area contributed by atoms with E-state index in [1.807, 2.05) is 24.3 Å². The largest absolute Gasteiger partial charge is 0.379 e. The van der Waals surface area contributed by atoms with Crippen LogP contribution < -0.4 is 16.4 Å².